The van der Waals surface area contributed by atoms with E-state index in [4.69, 9.17) is 0 Å². The smallest absolute Gasteiger partial charge is 0.275 e. The van der Waals surface area contributed by atoms with Gasteiger partial charge in [-0.05, 0) is 26.0 Å². The van der Waals surface area contributed by atoms with Crippen LogP contribution in [-0.2, 0) is 0 Å². The third kappa shape index (κ3) is 1.45. The third-order valence-electron chi connectivity index (χ3n) is 2.22. The second-order valence-corrected chi connectivity index (χ2v) is 3.60. The highest BCUT2D eigenvalue weighted by molar-refractivity contribution is 5.73. The van der Waals surface area contributed by atoms with Crippen molar-refractivity contribution in [1.29, 1.82) is 0 Å². The van der Waals surface area contributed by atoms with Gasteiger partial charge in [0, 0.05) is 12.2 Å². The van der Waals surface area contributed by atoms with Gasteiger partial charge in [0.15, 0.2) is 0 Å². The van der Waals surface area contributed by atoms with Crippen molar-refractivity contribution in [1.82, 2.24) is 14.5 Å². The molecule has 0 saturated carbocycles. The van der Waals surface area contributed by atoms with E-state index in [1.54, 1.807) is 18.3 Å². The Morgan fingerprint density at radius 2 is 2.13 bits per heavy atom. The molecule has 2 rings (SSSR count). The molecule has 0 atom stereocenters. The van der Waals surface area contributed by atoms with Crippen LogP contribution in [0.1, 0.15) is 19.9 Å². The monoisotopic (exact) mass is 205 g/mol. The van der Waals surface area contributed by atoms with Crippen LogP contribution in [0.25, 0.3) is 11.0 Å². The van der Waals surface area contributed by atoms with Crippen LogP contribution < -0.4 is 11.2 Å². The van der Waals surface area contributed by atoms with Crippen molar-refractivity contribution < 1.29 is 0 Å². The molecule has 2 heterocycles. The van der Waals surface area contributed by atoms with Crippen molar-refractivity contribution in [3.05, 3.63) is 39.2 Å². The molecule has 0 radical (unpaired) electrons. The summed E-state index contributed by atoms with van der Waals surface area (Å²) >= 11 is 0. The van der Waals surface area contributed by atoms with Crippen molar-refractivity contribution in [2.45, 2.75) is 19.9 Å². The lowest BCUT2D eigenvalue weighted by molar-refractivity contribution is 0.579. The molecule has 0 spiro atoms. The number of hydrogen-bond acceptors (Lipinski definition) is 3. The molecule has 0 fully saturated rings. The molecule has 0 saturated heterocycles. The minimum atomic E-state index is -0.416. The first-order valence-electron chi connectivity index (χ1n) is 4.71. The van der Waals surface area contributed by atoms with Crippen LogP contribution in [0.3, 0.4) is 0 Å². The Bertz CT molecular complexity index is 610. The molecule has 0 aliphatic heterocycles. The van der Waals surface area contributed by atoms with E-state index in [2.05, 4.69) is 9.97 Å². The molecule has 0 aliphatic rings. The SMILES string of the molecule is CC(C)n1c(=O)[nH]c(=O)c2cccnc21. The van der Waals surface area contributed by atoms with Gasteiger partial charge in [-0.25, -0.2) is 9.78 Å². The van der Waals surface area contributed by atoms with E-state index in [9.17, 15) is 9.59 Å². The summed E-state index contributed by atoms with van der Waals surface area (Å²) in [5, 5.41) is 0.436. The van der Waals surface area contributed by atoms with Gasteiger partial charge in [0.25, 0.3) is 5.56 Å². The molecular formula is C10H11N3O2. The first kappa shape index (κ1) is 9.64. The molecular weight excluding hydrogens is 194 g/mol. The van der Waals surface area contributed by atoms with E-state index in [1.807, 2.05) is 13.8 Å². The van der Waals surface area contributed by atoms with Gasteiger partial charge in [-0.2, -0.15) is 0 Å². The predicted octanol–water partition coefficient (Wildman–Crippen LogP) is 0.666. The average molecular weight is 205 g/mol. The Balaban J connectivity index is 3.03. The standard InChI is InChI=1S/C10H11N3O2/c1-6(2)13-8-7(4-3-5-11-8)9(14)12-10(13)15/h3-6H,1-2H3,(H,12,14,15). The summed E-state index contributed by atoms with van der Waals surface area (Å²) in [7, 11) is 0. The zero-order chi connectivity index (χ0) is 11.0. The summed E-state index contributed by atoms with van der Waals surface area (Å²) < 4.78 is 1.47. The summed E-state index contributed by atoms with van der Waals surface area (Å²) in [4.78, 5) is 29.4. The minimum absolute atomic E-state index is 0.0354. The highest BCUT2D eigenvalue weighted by Gasteiger charge is 2.09. The molecule has 0 aromatic carbocycles. The van der Waals surface area contributed by atoms with Crippen LogP contribution in [-0.4, -0.2) is 14.5 Å². The molecule has 2 aromatic heterocycles. The molecule has 1 N–H and O–H groups in total. The van der Waals surface area contributed by atoms with Gasteiger partial charge in [-0.1, -0.05) is 0 Å². The van der Waals surface area contributed by atoms with Crippen molar-refractivity contribution in [2.75, 3.05) is 0 Å². The second kappa shape index (κ2) is 3.34. The Hall–Kier alpha value is -1.91. The summed E-state index contributed by atoms with van der Waals surface area (Å²) in [6, 6.07) is 3.29. The fraction of sp³-hybridized carbons (Fsp3) is 0.300. The van der Waals surface area contributed by atoms with Gasteiger partial charge in [0.1, 0.15) is 5.65 Å². The molecule has 0 amide bonds. The van der Waals surface area contributed by atoms with E-state index in [0.29, 0.717) is 11.0 Å². The van der Waals surface area contributed by atoms with Crippen LogP contribution in [0, 0.1) is 0 Å². The number of nitrogens with zero attached hydrogens (tertiary/aromatic N) is 2. The Morgan fingerprint density at radius 1 is 1.40 bits per heavy atom. The normalized spacial score (nSPS) is 11.1. The van der Waals surface area contributed by atoms with E-state index >= 15 is 0 Å². The summed E-state index contributed by atoms with van der Waals surface area (Å²) in [5.74, 6) is 0. The van der Waals surface area contributed by atoms with Crippen LogP contribution in [0.15, 0.2) is 27.9 Å². The molecule has 78 valence electrons. The molecule has 0 aliphatic carbocycles. The van der Waals surface area contributed by atoms with Gasteiger partial charge in [0.05, 0.1) is 5.39 Å². The number of hydrogen-bond donors (Lipinski definition) is 1. The van der Waals surface area contributed by atoms with Gasteiger partial charge in [-0.3, -0.25) is 14.3 Å². The maximum absolute atomic E-state index is 11.6. The van der Waals surface area contributed by atoms with Crippen molar-refractivity contribution >= 4 is 11.0 Å². The molecule has 0 bridgehead atoms. The highest BCUT2D eigenvalue weighted by atomic mass is 16.2. The Kier molecular flexibility index (Phi) is 2.15. The zero-order valence-electron chi connectivity index (χ0n) is 8.52. The Morgan fingerprint density at radius 3 is 2.80 bits per heavy atom. The predicted molar refractivity (Wildman–Crippen MR) is 57.0 cm³/mol. The zero-order valence-corrected chi connectivity index (χ0v) is 8.52. The van der Waals surface area contributed by atoms with Crippen molar-refractivity contribution in [2.24, 2.45) is 0 Å². The highest BCUT2D eigenvalue weighted by Crippen LogP contribution is 2.08. The van der Waals surface area contributed by atoms with Gasteiger partial charge < -0.3 is 0 Å². The first-order valence-corrected chi connectivity index (χ1v) is 4.71. The van der Waals surface area contributed by atoms with Crippen LogP contribution in [0.5, 0.6) is 0 Å². The van der Waals surface area contributed by atoms with Gasteiger partial charge in [-0.15, -0.1) is 0 Å². The molecule has 0 unspecified atom stereocenters. The number of rotatable bonds is 1. The number of nitrogens with one attached hydrogen (secondary N) is 1. The molecule has 15 heavy (non-hydrogen) atoms. The third-order valence-corrected chi connectivity index (χ3v) is 2.22. The topological polar surface area (TPSA) is 67.8 Å². The van der Waals surface area contributed by atoms with Gasteiger partial charge in [0.2, 0.25) is 0 Å². The number of fused-ring (bicyclic) bond motifs is 1. The lowest BCUT2D eigenvalue weighted by atomic mass is 10.3. The van der Waals surface area contributed by atoms with Crippen LogP contribution >= 0.6 is 0 Å². The number of pyridine rings is 1. The second-order valence-electron chi connectivity index (χ2n) is 3.60. The van der Waals surface area contributed by atoms with Gasteiger partial charge >= 0.3 is 5.69 Å². The summed E-state index contributed by atoms with van der Waals surface area (Å²) in [6.07, 6.45) is 1.57. The maximum atomic E-state index is 11.6. The first-order chi connectivity index (χ1) is 7.11. The van der Waals surface area contributed by atoms with Crippen molar-refractivity contribution in [3.63, 3.8) is 0 Å². The maximum Gasteiger partial charge on any atom is 0.330 e. The molecule has 2 aromatic rings. The minimum Gasteiger partial charge on any atom is -0.275 e. The van der Waals surface area contributed by atoms with E-state index < -0.39 is 5.69 Å². The summed E-state index contributed by atoms with van der Waals surface area (Å²) in [5.41, 5.74) is -0.373. The molecule has 5 heteroatoms. The van der Waals surface area contributed by atoms with Crippen molar-refractivity contribution in [3.8, 4) is 0 Å². The number of H-pyrrole nitrogens is 1. The summed E-state index contributed by atoms with van der Waals surface area (Å²) in [6.45, 7) is 3.74. The number of aromatic nitrogens is 3. The fourth-order valence-corrected chi connectivity index (χ4v) is 1.57. The van der Waals surface area contributed by atoms with E-state index in [1.165, 1.54) is 4.57 Å². The quantitative estimate of drug-likeness (QED) is 0.743. The van der Waals surface area contributed by atoms with Crippen LogP contribution in [0.4, 0.5) is 0 Å². The van der Waals surface area contributed by atoms with E-state index in [0.717, 1.165) is 0 Å². The lowest BCUT2D eigenvalue weighted by Crippen LogP contribution is -2.31. The largest absolute Gasteiger partial charge is 0.330 e. The fourth-order valence-electron chi connectivity index (χ4n) is 1.57. The van der Waals surface area contributed by atoms with E-state index in [-0.39, 0.29) is 11.6 Å². The molecule has 5 nitrogen and oxygen atoms in total. The van der Waals surface area contributed by atoms with Crippen LogP contribution in [0.2, 0.25) is 0 Å². The lowest BCUT2D eigenvalue weighted by Gasteiger charge is -2.10. The number of aromatic amines is 1. The average Bonchev–Trinajstić information content (AvgIpc) is 2.17. The Labute approximate surface area is 85.4 Å².